The van der Waals surface area contributed by atoms with Gasteiger partial charge in [0.15, 0.2) is 0 Å². The molecule has 6 nitrogen and oxygen atoms in total. The van der Waals surface area contributed by atoms with Crippen LogP contribution in [-0.4, -0.2) is 27.8 Å². The third-order valence-electron chi connectivity index (χ3n) is 2.43. The van der Waals surface area contributed by atoms with Crippen LogP contribution in [0.5, 0.6) is 0 Å². The van der Waals surface area contributed by atoms with Crippen molar-refractivity contribution in [3.8, 4) is 0 Å². The number of ether oxygens (including phenoxy) is 1. The number of aromatic nitrogens is 1. The molecular formula is C12H15N3O3S2. The minimum atomic E-state index is -0.510. The van der Waals surface area contributed by atoms with E-state index in [4.69, 9.17) is 4.74 Å². The van der Waals surface area contributed by atoms with E-state index in [2.05, 4.69) is 40.7 Å². The lowest BCUT2D eigenvalue weighted by Gasteiger charge is -2.11. The number of nitrogens with zero attached hydrogens (tertiary/aromatic N) is 1. The van der Waals surface area contributed by atoms with Gasteiger partial charge >= 0.3 is 5.97 Å². The maximum absolute atomic E-state index is 12.0. The standard InChI is InChI=1S/C12H15N3O3S2/c1-4-18-11(17)9-5-8(6(2)13-7(9)3)10(16)14-15-12(19)20/h5H,4H2,1-3H3,(H,14,16)(H2,15,19,20). The van der Waals surface area contributed by atoms with Crippen LogP contribution in [0.15, 0.2) is 6.07 Å². The molecule has 0 bridgehead atoms. The average molecular weight is 313 g/mol. The number of pyridine rings is 1. The van der Waals surface area contributed by atoms with Crippen LogP contribution in [0.3, 0.4) is 0 Å². The molecule has 1 rings (SSSR count). The summed E-state index contributed by atoms with van der Waals surface area (Å²) in [4.78, 5) is 27.9. The monoisotopic (exact) mass is 313 g/mol. The Morgan fingerprint density at radius 3 is 2.45 bits per heavy atom. The van der Waals surface area contributed by atoms with Gasteiger partial charge in [0.25, 0.3) is 5.91 Å². The van der Waals surface area contributed by atoms with Crippen molar-refractivity contribution in [2.24, 2.45) is 0 Å². The van der Waals surface area contributed by atoms with Crippen LogP contribution < -0.4 is 10.9 Å². The molecule has 2 N–H and O–H groups in total. The van der Waals surface area contributed by atoms with E-state index in [1.165, 1.54) is 6.07 Å². The van der Waals surface area contributed by atoms with E-state index < -0.39 is 11.9 Å². The fourth-order valence-corrected chi connectivity index (χ4v) is 1.66. The van der Waals surface area contributed by atoms with Crippen LogP contribution in [-0.2, 0) is 4.74 Å². The van der Waals surface area contributed by atoms with Crippen molar-refractivity contribution in [1.82, 2.24) is 15.8 Å². The van der Waals surface area contributed by atoms with Gasteiger partial charge in [-0.2, -0.15) is 0 Å². The van der Waals surface area contributed by atoms with E-state index in [1.54, 1.807) is 20.8 Å². The molecule has 0 saturated carbocycles. The predicted molar refractivity (Wildman–Crippen MR) is 81.9 cm³/mol. The van der Waals surface area contributed by atoms with Crippen molar-refractivity contribution >= 4 is 41.0 Å². The zero-order valence-corrected chi connectivity index (χ0v) is 13.0. The Balaban J connectivity index is 3.08. The van der Waals surface area contributed by atoms with E-state index in [0.29, 0.717) is 11.4 Å². The summed E-state index contributed by atoms with van der Waals surface area (Å²) in [5.74, 6) is -0.971. The molecule has 0 aliphatic rings. The fraction of sp³-hybridized carbons (Fsp3) is 0.333. The van der Waals surface area contributed by atoms with Gasteiger partial charge in [0.1, 0.15) is 4.32 Å². The Hall–Kier alpha value is -1.67. The quantitative estimate of drug-likeness (QED) is 0.338. The number of esters is 1. The second-order valence-electron chi connectivity index (χ2n) is 3.86. The largest absolute Gasteiger partial charge is 0.462 e. The molecule has 0 radical (unpaired) electrons. The van der Waals surface area contributed by atoms with Crippen molar-refractivity contribution in [2.45, 2.75) is 20.8 Å². The smallest absolute Gasteiger partial charge is 0.339 e. The van der Waals surface area contributed by atoms with Gasteiger partial charge < -0.3 is 4.74 Å². The van der Waals surface area contributed by atoms with E-state index in [1.807, 2.05) is 0 Å². The first-order valence-corrected chi connectivity index (χ1v) is 6.67. The Labute approximate surface area is 127 Å². The molecule has 1 heterocycles. The molecule has 0 atom stereocenters. The van der Waals surface area contributed by atoms with Crippen molar-refractivity contribution in [1.29, 1.82) is 0 Å². The lowest BCUT2D eigenvalue weighted by Crippen LogP contribution is -2.39. The summed E-state index contributed by atoms with van der Waals surface area (Å²) >= 11 is 8.49. The first-order chi connectivity index (χ1) is 9.36. The van der Waals surface area contributed by atoms with Crippen LogP contribution in [0, 0.1) is 13.8 Å². The average Bonchev–Trinajstić information content (AvgIpc) is 2.36. The third-order valence-corrected chi connectivity index (χ3v) is 2.64. The SMILES string of the molecule is CCOC(=O)c1cc(C(=O)NNC(=S)S)c(C)nc1C. The molecule has 1 aromatic heterocycles. The molecule has 0 saturated heterocycles. The molecule has 0 unspecified atom stereocenters. The van der Waals surface area contributed by atoms with Gasteiger partial charge in [0.05, 0.1) is 29.1 Å². The Morgan fingerprint density at radius 1 is 1.30 bits per heavy atom. The summed E-state index contributed by atoms with van der Waals surface area (Å²) in [5, 5.41) is 0. The molecule has 0 aromatic carbocycles. The number of rotatable bonds is 3. The minimum Gasteiger partial charge on any atom is -0.462 e. The van der Waals surface area contributed by atoms with Gasteiger partial charge in [-0.15, -0.1) is 12.6 Å². The summed E-state index contributed by atoms with van der Waals surface area (Å²) in [6, 6.07) is 1.45. The summed E-state index contributed by atoms with van der Waals surface area (Å²) in [6.07, 6.45) is 0. The molecular weight excluding hydrogens is 298 g/mol. The van der Waals surface area contributed by atoms with E-state index >= 15 is 0 Å². The highest BCUT2D eigenvalue weighted by atomic mass is 32.1. The summed E-state index contributed by atoms with van der Waals surface area (Å²) in [5.41, 5.74) is 6.30. The second-order valence-corrected chi connectivity index (χ2v) is 5.02. The molecule has 20 heavy (non-hydrogen) atoms. The molecule has 0 spiro atoms. The number of carbonyl (C=O) groups is 2. The van der Waals surface area contributed by atoms with E-state index in [-0.39, 0.29) is 22.1 Å². The summed E-state index contributed by atoms with van der Waals surface area (Å²) < 4.78 is 5.05. The number of thiocarbonyl (C=S) groups is 1. The highest BCUT2D eigenvalue weighted by Gasteiger charge is 2.18. The van der Waals surface area contributed by atoms with Gasteiger partial charge in [0.2, 0.25) is 0 Å². The lowest BCUT2D eigenvalue weighted by atomic mass is 10.1. The zero-order chi connectivity index (χ0) is 15.3. The Kier molecular flexibility index (Phi) is 5.90. The topological polar surface area (TPSA) is 80.3 Å². The number of amides is 1. The van der Waals surface area contributed by atoms with Crippen molar-refractivity contribution in [2.75, 3.05) is 6.61 Å². The molecule has 1 aromatic rings. The predicted octanol–water partition coefficient (Wildman–Crippen LogP) is 1.32. The molecule has 108 valence electrons. The maximum Gasteiger partial charge on any atom is 0.339 e. The molecule has 1 amide bonds. The molecule has 0 fully saturated rings. The number of thiol groups is 1. The van der Waals surface area contributed by atoms with Crippen LogP contribution in [0.1, 0.15) is 39.0 Å². The van der Waals surface area contributed by atoms with Crippen LogP contribution in [0.4, 0.5) is 0 Å². The Morgan fingerprint density at radius 2 is 1.90 bits per heavy atom. The fourth-order valence-electron chi connectivity index (χ4n) is 1.55. The number of nitrogens with one attached hydrogen (secondary N) is 2. The van der Waals surface area contributed by atoms with E-state index in [9.17, 15) is 9.59 Å². The lowest BCUT2D eigenvalue weighted by molar-refractivity contribution is 0.0525. The number of hydrazine groups is 1. The van der Waals surface area contributed by atoms with E-state index in [0.717, 1.165) is 0 Å². The normalized spacial score (nSPS) is 9.80. The highest BCUT2D eigenvalue weighted by molar-refractivity contribution is 8.11. The number of aryl methyl sites for hydroxylation is 2. The molecule has 0 aliphatic heterocycles. The van der Waals surface area contributed by atoms with Gasteiger partial charge in [-0.25, -0.2) is 4.79 Å². The maximum atomic E-state index is 12.0. The third kappa shape index (κ3) is 4.17. The van der Waals surface area contributed by atoms with Gasteiger partial charge in [-0.05, 0) is 26.8 Å². The van der Waals surface area contributed by atoms with Gasteiger partial charge in [-0.1, -0.05) is 12.2 Å². The van der Waals surface area contributed by atoms with Crippen LogP contribution in [0.2, 0.25) is 0 Å². The van der Waals surface area contributed by atoms with Crippen molar-refractivity contribution in [3.05, 3.63) is 28.6 Å². The zero-order valence-electron chi connectivity index (χ0n) is 11.3. The van der Waals surface area contributed by atoms with Gasteiger partial charge in [-0.3, -0.25) is 20.6 Å². The first-order valence-electron chi connectivity index (χ1n) is 5.81. The summed E-state index contributed by atoms with van der Waals surface area (Å²) in [7, 11) is 0. The Bertz CT molecular complexity index is 561. The summed E-state index contributed by atoms with van der Waals surface area (Å²) in [6.45, 7) is 5.32. The van der Waals surface area contributed by atoms with Gasteiger partial charge in [0, 0.05) is 0 Å². The second kappa shape index (κ2) is 7.20. The molecule has 0 aliphatic carbocycles. The number of hydrogen-bond donors (Lipinski definition) is 3. The van der Waals surface area contributed by atoms with Crippen molar-refractivity contribution < 1.29 is 14.3 Å². The van der Waals surface area contributed by atoms with Crippen molar-refractivity contribution in [3.63, 3.8) is 0 Å². The van der Waals surface area contributed by atoms with Crippen LogP contribution in [0.25, 0.3) is 0 Å². The number of carbonyl (C=O) groups excluding carboxylic acids is 2. The highest BCUT2D eigenvalue weighted by Crippen LogP contribution is 2.14. The number of hydrogen-bond acceptors (Lipinski definition) is 5. The minimum absolute atomic E-state index is 0.127. The van der Waals surface area contributed by atoms with Crippen LogP contribution >= 0.6 is 24.8 Å². The first kappa shape index (κ1) is 16.4. The molecule has 8 heteroatoms.